The molecule has 0 aliphatic carbocycles. The van der Waals surface area contributed by atoms with Gasteiger partial charge in [0.1, 0.15) is 17.3 Å². The minimum Gasteiger partial charge on any atom is -0.495 e. The summed E-state index contributed by atoms with van der Waals surface area (Å²) < 4.78 is 12.6. The highest BCUT2D eigenvalue weighted by Crippen LogP contribution is 2.45. The van der Waals surface area contributed by atoms with Crippen LogP contribution in [-0.4, -0.2) is 60.1 Å². The first-order valence-electron chi connectivity index (χ1n) is 14.4. The molecule has 0 aliphatic heterocycles. The molecule has 0 aliphatic rings. The number of anilines is 2. The molecule has 0 radical (unpaired) electrons. The third kappa shape index (κ3) is 7.39. The predicted octanol–water partition coefficient (Wildman–Crippen LogP) is 6.80. The predicted molar refractivity (Wildman–Crippen MR) is 184 cm³/mol. The van der Waals surface area contributed by atoms with Crippen molar-refractivity contribution in [2.24, 2.45) is 0 Å². The van der Waals surface area contributed by atoms with Crippen LogP contribution in [0.2, 0.25) is 10.0 Å². The first-order chi connectivity index (χ1) is 22.2. The van der Waals surface area contributed by atoms with Crippen molar-refractivity contribution in [1.82, 2.24) is 19.4 Å². The normalized spacial score (nSPS) is 11.4. The molecule has 46 heavy (non-hydrogen) atoms. The molecule has 1 N–H and O–H groups in total. The Kier molecular flexibility index (Phi) is 10.4. The van der Waals surface area contributed by atoms with Crippen LogP contribution in [0.3, 0.4) is 0 Å². The summed E-state index contributed by atoms with van der Waals surface area (Å²) in [7, 11) is 6.85. The fourth-order valence-electron chi connectivity index (χ4n) is 5.06. The zero-order chi connectivity index (χ0) is 32.8. The van der Waals surface area contributed by atoms with Crippen LogP contribution in [0, 0.1) is 0 Å². The second-order valence-corrected chi connectivity index (χ2v) is 11.6. The lowest BCUT2D eigenvalue weighted by Crippen LogP contribution is -2.23. The number of nitrogens with one attached hydrogen (secondary N) is 1. The molecule has 0 fully saturated rings. The van der Waals surface area contributed by atoms with E-state index in [2.05, 4.69) is 15.3 Å². The molecule has 2 aromatic carbocycles. The summed E-state index contributed by atoms with van der Waals surface area (Å²) in [6.07, 6.45) is 8.74. The van der Waals surface area contributed by atoms with Gasteiger partial charge in [0, 0.05) is 60.3 Å². The molecule has 0 amide bonds. The maximum atomic E-state index is 14.4. The van der Waals surface area contributed by atoms with Crippen molar-refractivity contribution in [1.29, 1.82) is 0 Å². The van der Waals surface area contributed by atoms with Gasteiger partial charge < -0.3 is 24.3 Å². The van der Waals surface area contributed by atoms with Gasteiger partial charge in [0.25, 0.3) is 5.56 Å². The summed E-state index contributed by atoms with van der Waals surface area (Å²) in [4.78, 5) is 37.7. The smallest absolute Gasteiger partial charge is 0.259 e. The van der Waals surface area contributed by atoms with Crippen LogP contribution in [0.25, 0.3) is 22.0 Å². The Morgan fingerprint density at radius 1 is 0.978 bits per heavy atom. The number of likely N-dealkylation sites (N-methyl/N-ethyl adjacent to an activating group) is 1. The molecule has 5 rings (SSSR count). The van der Waals surface area contributed by atoms with Gasteiger partial charge in [-0.3, -0.25) is 14.6 Å². The standard InChI is InChI=1S/C35H33Cl2N5O4/c1-41(2)14-6-9-26(43)16-22-7-5-8-23(15-22)21-42-28-18-31(40-25-10-12-38-13-11-25)39-20-24(28)17-27(35(42)44)32-33(36)29(45-3)19-30(46-4)34(32)37/h5-13,15,17-20H,14,16,21H2,1-4H3,(H,38,39,40)/b9-6+. The molecule has 9 nitrogen and oxygen atoms in total. The number of fused-ring (bicyclic) bond motifs is 1. The van der Waals surface area contributed by atoms with E-state index in [1.165, 1.54) is 14.2 Å². The number of ketones is 1. The van der Waals surface area contributed by atoms with Crippen LogP contribution in [0.4, 0.5) is 11.5 Å². The lowest BCUT2D eigenvalue weighted by Gasteiger charge is -2.18. The lowest BCUT2D eigenvalue weighted by molar-refractivity contribution is -0.114. The topological polar surface area (TPSA) is 98.6 Å². The second-order valence-electron chi connectivity index (χ2n) is 10.9. The summed E-state index contributed by atoms with van der Waals surface area (Å²) in [6, 6.07) is 16.4. The van der Waals surface area contributed by atoms with Gasteiger partial charge in [-0.25, -0.2) is 4.98 Å². The van der Waals surface area contributed by atoms with Crippen LogP contribution >= 0.6 is 23.2 Å². The molecule has 0 atom stereocenters. The Labute approximate surface area is 277 Å². The fraction of sp³-hybridized carbons (Fsp3) is 0.200. The number of pyridine rings is 3. The van der Waals surface area contributed by atoms with Crippen molar-refractivity contribution in [3.63, 3.8) is 0 Å². The van der Waals surface area contributed by atoms with Crippen molar-refractivity contribution in [2.75, 3.05) is 40.2 Å². The monoisotopic (exact) mass is 657 g/mol. The Hall–Kier alpha value is -4.70. The van der Waals surface area contributed by atoms with Gasteiger partial charge in [0.05, 0.1) is 41.9 Å². The molecule has 0 spiro atoms. The Morgan fingerprint density at radius 2 is 1.67 bits per heavy atom. The molecular formula is C35H33Cl2N5O4. The highest BCUT2D eigenvalue weighted by molar-refractivity contribution is 6.41. The Morgan fingerprint density at radius 3 is 2.35 bits per heavy atom. The van der Waals surface area contributed by atoms with Crippen molar-refractivity contribution in [3.8, 4) is 22.6 Å². The van der Waals surface area contributed by atoms with Gasteiger partial charge in [-0.2, -0.15) is 0 Å². The maximum absolute atomic E-state index is 14.4. The van der Waals surface area contributed by atoms with Gasteiger partial charge >= 0.3 is 0 Å². The number of hydrogen-bond donors (Lipinski definition) is 1. The third-order valence-electron chi connectivity index (χ3n) is 7.26. The number of carbonyl (C=O) groups is 1. The number of rotatable bonds is 12. The van der Waals surface area contributed by atoms with Crippen molar-refractivity contribution < 1.29 is 14.3 Å². The SMILES string of the molecule is COc1cc(OC)c(Cl)c(-c2cc3cnc(Nc4ccncc4)cc3n(Cc3cccc(CC(=O)/C=C/CN(C)C)c3)c2=O)c1Cl. The molecule has 0 saturated heterocycles. The van der Waals surface area contributed by atoms with Crippen molar-refractivity contribution in [3.05, 3.63) is 117 Å². The number of aromatic nitrogens is 3. The van der Waals surface area contributed by atoms with E-state index in [1.807, 2.05) is 67.5 Å². The summed E-state index contributed by atoms with van der Waals surface area (Å²) in [5.41, 5.74) is 3.33. The number of methoxy groups -OCH3 is 2. The highest BCUT2D eigenvalue weighted by Gasteiger charge is 2.23. The minimum atomic E-state index is -0.333. The van der Waals surface area contributed by atoms with E-state index < -0.39 is 0 Å². The van der Waals surface area contributed by atoms with Crippen LogP contribution < -0.4 is 20.3 Å². The van der Waals surface area contributed by atoms with Crippen molar-refractivity contribution >= 4 is 51.4 Å². The molecule has 5 aromatic rings. The number of allylic oxidation sites excluding steroid dienone is 1. The molecule has 0 bridgehead atoms. The zero-order valence-electron chi connectivity index (χ0n) is 25.9. The average molecular weight is 659 g/mol. The summed E-state index contributed by atoms with van der Waals surface area (Å²) in [5.74, 6) is 1.17. The summed E-state index contributed by atoms with van der Waals surface area (Å²) in [6.45, 7) is 0.884. The third-order valence-corrected chi connectivity index (χ3v) is 8.01. The number of hydrogen-bond acceptors (Lipinski definition) is 8. The lowest BCUT2D eigenvalue weighted by atomic mass is 10.0. The number of nitrogens with zero attached hydrogens (tertiary/aromatic N) is 4. The van der Waals surface area contributed by atoms with E-state index in [9.17, 15) is 9.59 Å². The van der Waals surface area contributed by atoms with E-state index in [4.69, 9.17) is 32.7 Å². The van der Waals surface area contributed by atoms with Crippen LogP contribution in [0.1, 0.15) is 11.1 Å². The fourth-order valence-corrected chi connectivity index (χ4v) is 5.76. The first-order valence-corrected chi connectivity index (χ1v) is 15.2. The first kappa shape index (κ1) is 32.7. The molecule has 3 heterocycles. The minimum absolute atomic E-state index is 0.00206. The number of ether oxygens (including phenoxy) is 2. The Balaban J connectivity index is 1.63. The molecule has 11 heteroatoms. The van der Waals surface area contributed by atoms with Gasteiger partial charge in [0.15, 0.2) is 5.78 Å². The quantitative estimate of drug-likeness (QED) is 0.146. The number of halogens is 2. The van der Waals surface area contributed by atoms with Crippen LogP contribution in [-0.2, 0) is 17.8 Å². The van der Waals surface area contributed by atoms with Crippen LogP contribution in [0.15, 0.2) is 90.1 Å². The summed E-state index contributed by atoms with van der Waals surface area (Å²) in [5, 5.41) is 4.32. The molecule has 0 saturated carbocycles. The van der Waals surface area contributed by atoms with Crippen molar-refractivity contribution in [2.45, 2.75) is 13.0 Å². The maximum Gasteiger partial charge on any atom is 0.259 e. The second kappa shape index (κ2) is 14.6. The van der Waals surface area contributed by atoms with E-state index in [0.717, 1.165) is 16.8 Å². The van der Waals surface area contributed by atoms with E-state index in [1.54, 1.807) is 41.4 Å². The van der Waals surface area contributed by atoms with Crippen LogP contribution in [0.5, 0.6) is 11.5 Å². The van der Waals surface area contributed by atoms with Gasteiger partial charge in [-0.05, 0) is 49.5 Å². The molecule has 0 unspecified atom stereocenters. The molecule has 236 valence electrons. The molecular weight excluding hydrogens is 625 g/mol. The number of benzene rings is 2. The summed E-state index contributed by atoms with van der Waals surface area (Å²) >= 11 is 13.5. The highest BCUT2D eigenvalue weighted by atomic mass is 35.5. The van der Waals surface area contributed by atoms with E-state index in [-0.39, 0.29) is 39.9 Å². The van der Waals surface area contributed by atoms with Gasteiger partial charge in [0.2, 0.25) is 0 Å². The van der Waals surface area contributed by atoms with Gasteiger partial charge in [-0.15, -0.1) is 0 Å². The average Bonchev–Trinajstić information content (AvgIpc) is 3.04. The zero-order valence-corrected chi connectivity index (χ0v) is 27.4. The van der Waals surface area contributed by atoms with E-state index in [0.29, 0.717) is 40.3 Å². The molecule has 3 aromatic heterocycles. The Bertz CT molecular complexity index is 1950. The van der Waals surface area contributed by atoms with Gasteiger partial charge in [-0.1, -0.05) is 53.5 Å². The van der Waals surface area contributed by atoms with E-state index >= 15 is 0 Å². The largest absolute Gasteiger partial charge is 0.495 e. The number of carbonyl (C=O) groups excluding carboxylic acids is 1.